The van der Waals surface area contributed by atoms with Crippen LogP contribution in [-0.4, -0.2) is 38.7 Å². The van der Waals surface area contributed by atoms with Crippen LogP contribution < -0.4 is 0 Å². The average molecular weight is 364 g/mol. The monoisotopic (exact) mass is 364 g/mol. The molecule has 2 N–H and O–H groups in total. The summed E-state index contributed by atoms with van der Waals surface area (Å²) in [5.41, 5.74) is -2.45. The van der Waals surface area contributed by atoms with E-state index in [0.29, 0.717) is 5.56 Å². The predicted octanol–water partition coefficient (Wildman–Crippen LogP) is 3.20. The highest BCUT2D eigenvalue weighted by molar-refractivity contribution is 6.05. The van der Waals surface area contributed by atoms with E-state index in [1.54, 1.807) is 24.3 Å². The summed E-state index contributed by atoms with van der Waals surface area (Å²) in [5.74, 6) is -1.45. The number of aryl methyl sites for hydroxylation is 1. The van der Waals surface area contributed by atoms with Gasteiger partial charge in [0, 0.05) is 5.56 Å². The molecular weight excluding hydrogens is 349 g/mol. The zero-order chi connectivity index (χ0) is 19.1. The molecular formula is C18H15F3N2O3. The van der Waals surface area contributed by atoms with Gasteiger partial charge in [-0.3, -0.25) is 4.79 Å². The molecule has 0 fully saturated rings. The van der Waals surface area contributed by atoms with Crippen LogP contribution in [0.5, 0.6) is 5.75 Å². The summed E-state index contributed by atoms with van der Waals surface area (Å²) in [6.45, 7) is 1.82. The molecule has 0 aromatic heterocycles. The van der Waals surface area contributed by atoms with Gasteiger partial charge in [0.05, 0.1) is 12.1 Å². The highest BCUT2D eigenvalue weighted by atomic mass is 19.4. The predicted molar refractivity (Wildman–Crippen MR) is 87.6 cm³/mol. The molecule has 8 heteroatoms. The molecule has 1 unspecified atom stereocenters. The number of hydrazone groups is 1. The van der Waals surface area contributed by atoms with Crippen LogP contribution in [0.3, 0.4) is 0 Å². The number of aliphatic hydroxyl groups is 1. The second-order valence-electron chi connectivity index (χ2n) is 6.07. The molecule has 1 heterocycles. The van der Waals surface area contributed by atoms with Crippen LogP contribution in [0, 0.1) is 6.92 Å². The van der Waals surface area contributed by atoms with Gasteiger partial charge in [-0.15, -0.1) is 0 Å². The molecule has 1 amide bonds. The molecule has 136 valence electrons. The quantitative estimate of drug-likeness (QED) is 0.860. The summed E-state index contributed by atoms with van der Waals surface area (Å²) in [7, 11) is 0. The smallest absolute Gasteiger partial charge is 0.438 e. The molecule has 2 aromatic rings. The van der Waals surface area contributed by atoms with Crippen molar-refractivity contribution in [3.8, 4) is 5.75 Å². The molecule has 1 aliphatic heterocycles. The number of rotatable bonds is 2. The molecule has 1 aliphatic rings. The van der Waals surface area contributed by atoms with Gasteiger partial charge < -0.3 is 10.2 Å². The van der Waals surface area contributed by atoms with Crippen LogP contribution >= 0.6 is 0 Å². The minimum atomic E-state index is -5.12. The minimum absolute atomic E-state index is 0.0387. The van der Waals surface area contributed by atoms with Gasteiger partial charge in [0.2, 0.25) is 0 Å². The topological polar surface area (TPSA) is 73.1 Å². The van der Waals surface area contributed by atoms with E-state index < -0.39 is 24.2 Å². The Morgan fingerprint density at radius 3 is 2.42 bits per heavy atom. The molecule has 5 nitrogen and oxygen atoms in total. The fourth-order valence-corrected chi connectivity index (χ4v) is 2.65. The number of nitrogens with zero attached hydrogens (tertiary/aromatic N) is 2. The molecule has 0 aliphatic carbocycles. The number of hydrogen-bond donors (Lipinski definition) is 2. The zero-order valence-corrected chi connectivity index (χ0v) is 13.7. The Hall–Kier alpha value is -2.87. The Morgan fingerprint density at radius 2 is 1.85 bits per heavy atom. The molecule has 3 rings (SSSR count). The van der Waals surface area contributed by atoms with Gasteiger partial charge >= 0.3 is 6.18 Å². The second kappa shape index (κ2) is 6.14. The van der Waals surface area contributed by atoms with Gasteiger partial charge in [-0.1, -0.05) is 35.9 Å². The molecule has 26 heavy (non-hydrogen) atoms. The number of halogens is 3. The van der Waals surface area contributed by atoms with E-state index in [1.807, 2.05) is 6.92 Å². The van der Waals surface area contributed by atoms with Crippen LogP contribution in [0.4, 0.5) is 13.2 Å². The van der Waals surface area contributed by atoms with Gasteiger partial charge in [0.25, 0.3) is 11.6 Å². The molecule has 0 spiro atoms. The highest BCUT2D eigenvalue weighted by Crippen LogP contribution is 2.42. The Labute approximate surface area is 147 Å². The van der Waals surface area contributed by atoms with Gasteiger partial charge in [-0.25, -0.2) is 0 Å². The van der Waals surface area contributed by atoms with E-state index in [4.69, 9.17) is 0 Å². The third-order valence-corrected chi connectivity index (χ3v) is 4.11. The Kier molecular flexibility index (Phi) is 4.23. The maximum atomic E-state index is 13.5. The normalized spacial score (nSPS) is 20.2. The van der Waals surface area contributed by atoms with Crippen LogP contribution in [-0.2, 0) is 0 Å². The number of carbonyl (C=O) groups excluding carboxylic acids is 1. The van der Waals surface area contributed by atoms with Crippen molar-refractivity contribution in [1.29, 1.82) is 0 Å². The summed E-state index contributed by atoms with van der Waals surface area (Å²) >= 11 is 0. The van der Waals surface area contributed by atoms with E-state index in [1.165, 1.54) is 18.2 Å². The average Bonchev–Trinajstić information content (AvgIpc) is 2.94. The van der Waals surface area contributed by atoms with Gasteiger partial charge in [0.15, 0.2) is 0 Å². The van der Waals surface area contributed by atoms with E-state index in [0.717, 1.165) is 11.6 Å². The molecule has 0 bridgehead atoms. The summed E-state index contributed by atoms with van der Waals surface area (Å²) in [6, 6.07) is 11.4. The number of benzene rings is 2. The molecule has 0 saturated carbocycles. The van der Waals surface area contributed by atoms with E-state index in [9.17, 15) is 28.2 Å². The number of phenolic OH excluding ortho intramolecular Hbond substituents is 1. The van der Waals surface area contributed by atoms with Crippen LogP contribution in [0.1, 0.15) is 27.9 Å². The lowest BCUT2D eigenvalue weighted by atomic mass is 10.00. The van der Waals surface area contributed by atoms with Crippen molar-refractivity contribution < 1.29 is 28.2 Å². The van der Waals surface area contributed by atoms with Crippen molar-refractivity contribution >= 4 is 11.6 Å². The Bertz CT molecular complexity index is 878. The van der Waals surface area contributed by atoms with Crippen molar-refractivity contribution in [1.82, 2.24) is 5.01 Å². The number of alkyl halides is 3. The van der Waals surface area contributed by atoms with E-state index >= 15 is 0 Å². The first-order valence-electron chi connectivity index (χ1n) is 7.69. The standard InChI is InChI=1S/C18H15F3N2O3/c1-11-5-7-12(8-6-11)15-10-17(26,18(19,20)21)23(22-15)16(25)13-3-2-4-14(24)9-13/h2-9,24,26H,10H2,1H3. The summed E-state index contributed by atoms with van der Waals surface area (Å²) in [4.78, 5) is 12.5. The van der Waals surface area contributed by atoms with Crippen LogP contribution in [0.25, 0.3) is 0 Å². The first-order valence-corrected chi connectivity index (χ1v) is 7.69. The molecule has 1 atom stereocenters. The van der Waals surface area contributed by atoms with Gasteiger partial charge in [-0.05, 0) is 30.7 Å². The number of amides is 1. The van der Waals surface area contributed by atoms with Crippen molar-refractivity contribution in [3.63, 3.8) is 0 Å². The number of phenols is 1. The van der Waals surface area contributed by atoms with E-state index in [-0.39, 0.29) is 22.0 Å². The van der Waals surface area contributed by atoms with Crippen molar-refractivity contribution in [2.75, 3.05) is 0 Å². The maximum Gasteiger partial charge on any atom is 0.438 e. The number of hydrogen-bond acceptors (Lipinski definition) is 4. The second-order valence-corrected chi connectivity index (χ2v) is 6.07. The molecule has 2 aromatic carbocycles. The largest absolute Gasteiger partial charge is 0.508 e. The fourth-order valence-electron chi connectivity index (χ4n) is 2.65. The molecule has 0 radical (unpaired) electrons. The lowest BCUT2D eigenvalue weighted by molar-refractivity contribution is -0.297. The number of aromatic hydroxyl groups is 1. The van der Waals surface area contributed by atoms with Gasteiger partial charge in [0.1, 0.15) is 5.75 Å². The highest BCUT2D eigenvalue weighted by Gasteiger charge is 2.63. The van der Waals surface area contributed by atoms with Crippen molar-refractivity contribution in [2.45, 2.75) is 25.2 Å². The maximum absolute atomic E-state index is 13.5. The zero-order valence-electron chi connectivity index (χ0n) is 13.7. The van der Waals surface area contributed by atoms with Crippen LogP contribution in [0.15, 0.2) is 53.6 Å². The minimum Gasteiger partial charge on any atom is -0.508 e. The Balaban J connectivity index is 2.05. The molecule has 0 saturated heterocycles. The van der Waals surface area contributed by atoms with Crippen LogP contribution in [0.2, 0.25) is 0 Å². The summed E-state index contributed by atoms with van der Waals surface area (Å²) in [6.07, 6.45) is -6.00. The Morgan fingerprint density at radius 1 is 1.19 bits per heavy atom. The lowest BCUT2D eigenvalue weighted by Crippen LogP contribution is -2.56. The summed E-state index contributed by atoms with van der Waals surface area (Å²) < 4.78 is 40.6. The van der Waals surface area contributed by atoms with Crippen molar-refractivity contribution in [2.24, 2.45) is 5.10 Å². The first-order chi connectivity index (χ1) is 12.1. The van der Waals surface area contributed by atoms with Gasteiger partial charge in [-0.2, -0.15) is 23.3 Å². The van der Waals surface area contributed by atoms with Crippen molar-refractivity contribution in [3.05, 3.63) is 65.2 Å². The third-order valence-electron chi connectivity index (χ3n) is 4.11. The SMILES string of the molecule is Cc1ccc(C2=NN(C(=O)c3cccc(O)c3)C(O)(C(F)(F)F)C2)cc1. The summed E-state index contributed by atoms with van der Waals surface area (Å²) in [5, 5.41) is 23.5. The number of carbonyl (C=O) groups is 1. The fraction of sp³-hybridized carbons (Fsp3) is 0.222. The van der Waals surface area contributed by atoms with E-state index in [2.05, 4.69) is 5.10 Å². The first kappa shape index (κ1) is 17.9. The third kappa shape index (κ3) is 3.03. The lowest BCUT2D eigenvalue weighted by Gasteiger charge is -2.32.